The second-order valence-corrected chi connectivity index (χ2v) is 4.41. The van der Waals surface area contributed by atoms with Crippen molar-refractivity contribution in [3.63, 3.8) is 0 Å². The molecule has 104 valence electrons. The Balaban J connectivity index is 2.39. The van der Waals surface area contributed by atoms with E-state index in [9.17, 15) is 10.1 Å². The summed E-state index contributed by atoms with van der Waals surface area (Å²) in [6.45, 7) is 0.539. The maximum atomic E-state index is 11.0. The minimum Gasteiger partial charge on any atom is -0.431 e. The number of aromatic nitrogens is 1. The van der Waals surface area contributed by atoms with Gasteiger partial charge in [-0.15, -0.1) is 0 Å². The largest absolute Gasteiger partial charge is 0.431 e. The quantitative estimate of drug-likeness (QED) is 0.677. The summed E-state index contributed by atoms with van der Waals surface area (Å²) in [7, 11) is 1.79. The Morgan fingerprint density at radius 1 is 1.45 bits per heavy atom. The highest BCUT2D eigenvalue weighted by Gasteiger charge is 2.17. The van der Waals surface area contributed by atoms with Gasteiger partial charge in [0.05, 0.1) is 4.92 Å². The van der Waals surface area contributed by atoms with Gasteiger partial charge in [0.25, 0.3) is 0 Å². The summed E-state index contributed by atoms with van der Waals surface area (Å²) in [6.07, 6.45) is 1.56. The Labute approximate surface area is 120 Å². The van der Waals surface area contributed by atoms with Gasteiger partial charge in [0, 0.05) is 35.5 Å². The maximum absolute atomic E-state index is 11.0. The van der Waals surface area contributed by atoms with Crippen LogP contribution in [0.5, 0.6) is 11.6 Å². The molecule has 1 aromatic heterocycles. The summed E-state index contributed by atoms with van der Waals surface area (Å²) in [5.74, 6) is 0.380. The number of nitrogens with zero attached hydrogens (tertiary/aromatic N) is 2. The Hall–Kier alpha value is -2.18. The lowest BCUT2D eigenvalue weighted by Gasteiger charge is -2.09. The highest BCUT2D eigenvalue weighted by molar-refractivity contribution is 6.30. The molecule has 0 aliphatic carbocycles. The third kappa shape index (κ3) is 3.23. The molecular weight excluding hydrogens is 282 g/mol. The van der Waals surface area contributed by atoms with Gasteiger partial charge in [0.1, 0.15) is 0 Å². The standard InChI is InChI=1S/C13H12ClN3O3/c1-15-8-9-3-2-6-16-13(9)20-12-7-10(14)4-5-11(12)17(18)19/h2-7,15H,8H2,1H3. The molecule has 0 spiro atoms. The number of nitro benzene ring substituents is 1. The normalized spacial score (nSPS) is 10.3. The minimum atomic E-state index is -0.521. The second-order valence-electron chi connectivity index (χ2n) is 3.97. The molecule has 2 rings (SSSR count). The first-order valence-corrected chi connectivity index (χ1v) is 6.20. The van der Waals surface area contributed by atoms with Gasteiger partial charge in [-0.25, -0.2) is 4.98 Å². The van der Waals surface area contributed by atoms with Gasteiger partial charge in [-0.05, 0) is 19.2 Å². The summed E-state index contributed by atoms with van der Waals surface area (Å²) in [5, 5.41) is 14.3. The fourth-order valence-electron chi connectivity index (χ4n) is 1.67. The molecule has 0 radical (unpaired) electrons. The molecule has 1 N–H and O–H groups in total. The minimum absolute atomic E-state index is 0.0681. The van der Waals surface area contributed by atoms with E-state index < -0.39 is 4.92 Å². The van der Waals surface area contributed by atoms with Crippen molar-refractivity contribution in [2.24, 2.45) is 0 Å². The molecule has 0 unspecified atom stereocenters. The molecule has 0 fully saturated rings. The molecule has 0 atom stereocenters. The smallest absolute Gasteiger partial charge is 0.311 e. The average Bonchev–Trinajstić information content (AvgIpc) is 2.41. The van der Waals surface area contributed by atoms with Crippen LogP contribution in [0, 0.1) is 10.1 Å². The average molecular weight is 294 g/mol. The van der Waals surface area contributed by atoms with Gasteiger partial charge in [-0.3, -0.25) is 10.1 Å². The van der Waals surface area contributed by atoms with E-state index in [1.54, 1.807) is 19.3 Å². The van der Waals surface area contributed by atoms with Crippen LogP contribution in [0.1, 0.15) is 5.56 Å². The van der Waals surface area contributed by atoms with Crippen molar-refractivity contribution < 1.29 is 9.66 Å². The van der Waals surface area contributed by atoms with Gasteiger partial charge in [0.2, 0.25) is 11.6 Å². The lowest BCUT2D eigenvalue weighted by atomic mass is 10.2. The van der Waals surface area contributed by atoms with Crippen LogP contribution in [0.3, 0.4) is 0 Å². The summed E-state index contributed by atoms with van der Waals surface area (Å²) in [4.78, 5) is 14.6. The number of benzene rings is 1. The molecule has 2 aromatic rings. The van der Waals surface area contributed by atoms with Gasteiger partial charge >= 0.3 is 5.69 Å². The number of rotatable bonds is 5. The predicted molar refractivity (Wildman–Crippen MR) is 75.2 cm³/mol. The van der Waals surface area contributed by atoms with Gasteiger partial charge < -0.3 is 10.1 Å². The highest BCUT2D eigenvalue weighted by Crippen LogP contribution is 2.34. The zero-order valence-electron chi connectivity index (χ0n) is 10.7. The van der Waals surface area contributed by atoms with E-state index in [-0.39, 0.29) is 11.4 Å². The third-order valence-electron chi connectivity index (χ3n) is 2.54. The Kier molecular flexibility index (Phi) is 4.49. The summed E-state index contributed by atoms with van der Waals surface area (Å²) in [5.41, 5.74) is 0.639. The number of nitro groups is 1. The van der Waals surface area contributed by atoms with Crippen molar-refractivity contribution in [3.05, 3.63) is 57.2 Å². The molecular formula is C13H12ClN3O3. The molecule has 0 saturated carbocycles. The second kappa shape index (κ2) is 6.31. The Bertz CT molecular complexity index is 634. The number of pyridine rings is 1. The van der Waals surface area contributed by atoms with E-state index in [0.717, 1.165) is 5.56 Å². The first-order chi connectivity index (χ1) is 9.61. The van der Waals surface area contributed by atoms with Crippen molar-refractivity contribution in [2.45, 2.75) is 6.54 Å². The van der Waals surface area contributed by atoms with Crippen LogP contribution in [0.15, 0.2) is 36.5 Å². The number of halogens is 1. The van der Waals surface area contributed by atoms with Gasteiger partial charge in [-0.2, -0.15) is 0 Å². The van der Waals surface area contributed by atoms with Crippen LogP contribution in [-0.2, 0) is 6.54 Å². The molecule has 1 aromatic carbocycles. The monoisotopic (exact) mass is 293 g/mol. The van der Waals surface area contributed by atoms with E-state index >= 15 is 0 Å². The van der Waals surface area contributed by atoms with Crippen LogP contribution in [0.25, 0.3) is 0 Å². The van der Waals surface area contributed by atoms with Crippen LogP contribution >= 0.6 is 11.6 Å². The van der Waals surface area contributed by atoms with E-state index in [1.165, 1.54) is 18.2 Å². The Morgan fingerprint density at radius 2 is 2.25 bits per heavy atom. The number of hydrogen-bond acceptors (Lipinski definition) is 5. The third-order valence-corrected chi connectivity index (χ3v) is 2.78. The SMILES string of the molecule is CNCc1cccnc1Oc1cc(Cl)ccc1[N+](=O)[O-]. The topological polar surface area (TPSA) is 77.3 Å². The number of hydrogen-bond donors (Lipinski definition) is 1. The first-order valence-electron chi connectivity index (χ1n) is 5.82. The Morgan fingerprint density at radius 3 is 2.95 bits per heavy atom. The first kappa shape index (κ1) is 14.2. The summed E-state index contributed by atoms with van der Waals surface area (Å²) < 4.78 is 5.56. The van der Waals surface area contributed by atoms with Crippen molar-refractivity contribution in [1.82, 2.24) is 10.3 Å². The zero-order valence-corrected chi connectivity index (χ0v) is 11.4. The van der Waals surface area contributed by atoms with Crippen LogP contribution in [-0.4, -0.2) is 17.0 Å². The van der Waals surface area contributed by atoms with Crippen LogP contribution < -0.4 is 10.1 Å². The van der Waals surface area contributed by atoms with Crippen LogP contribution in [0.2, 0.25) is 5.02 Å². The predicted octanol–water partition coefficient (Wildman–Crippen LogP) is 3.15. The lowest BCUT2D eigenvalue weighted by molar-refractivity contribution is -0.385. The van der Waals surface area contributed by atoms with Crippen molar-refractivity contribution in [2.75, 3.05) is 7.05 Å². The number of ether oxygens (including phenoxy) is 1. The molecule has 6 nitrogen and oxygen atoms in total. The molecule has 20 heavy (non-hydrogen) atoms. The molecule has 7 heteroatoms. The van der Waals surface area contributed by atoms with Crippen LogP contribution in [0.4, 0.5) is 5.69 Å². The maximum Gasteiger partial charge on any atom is 0.311 e. The molecule has 1 heterocycles. The molecule has 0 bridgehead atoms. The fraction of sp³-hybridized carbons (Fsp3) is 0.154. The lowest BCUT2D eigenvalue weighted by Crippen LogP contribution is -2.07. The molecule has 0 amide bonds. The molecule has 0 aliphatic rings. The van der Waals surface area contributed by atoms with Crippen molar-refractivity contribution >= 4 is 17.3 Å². The van der Waals surface area contributed by atoms with Gasteiger partial charge in [-0.1, -0.05) is 17.7 Å². The zero-order chi connectivity index (χ0) is 14.5. The number of nitrogens with one attached hydrogen (secondary N) is 1. The van der Waals surface area contributed by atoms with E-state index in [2.05, 4.69) is 10.3 Å². The van der Waals surface area contributed by atoms with Gasteiger partial charge in [0.15, 0.2) is 0 Å². The van der Waals surface area contributed by atoms with Crippen molar-refractivity contribution in [3.8, 4) is 11.6 Å². The van der Waals surface area contributed by atoms with E-state index in [4.69, 9.17) is 16.3 Å². The molecule has 0 saturated heterocycles. The van der Waals surface area contributed by atoms with E-state index in [1.807, 2.05) is 6.07 Å². The molecule has 0 aliphatic heterocycles. The van der Waals surface area contributed by atoms with Crippen molar-refractivity contribution in [1.29, 1.82) is 0 Å². The highest BCUT2D eigenvalue weighted by atomic mass is 35.5. The fourth-order valence-corrected chi connectivity index (χ4v) is 1.83. The summed E-state index contributed by atoms with van der Waals surface area (Å²) >= 11 is 5.85. The van der Waals surface area contributed by atoms with E-state index in [0.29, 0.717) is 17.4 Å². The summed E-state index contributed by atoms with van der Waals surface area (Å²) in [6, 6.07) is 7.75.